The predicted molar refractivity (Wildman–Crippen MR) is 108 cm³/mol. The number of aromatic nitrogens is 1. The molecule has 1 aromatic carbocycles. The molecule has 0 radical (unpaired) electrons. The molecular formula is C22H32FN3. The summed E-state index contributed by atoms with van der Waals surface area (Å²) in [5.41, 5.74) is 2.01. The minimum atomic E-state index is -0.185. The number of hydrogen-bond donors (Lipinski definition) is 0. The quantitative estimate of drug-likeness (QED) is 0.613. The largest absolute Gasteiger partial charge is 0.371 e. The third-order valence-electron chi connectivity index (χ3n) is 5.87. The Morgan fingerprint density at radius 1 is 1.12 bits per heavy atom. The third kappa shape index (κ3) is 4.73. The molecule has 1 aromatic heterocycles. The number of rotatable bonds is 8. The zero-order valence-corrected chi connectivity index (χ0v) is 16.3. The van der Waals surface area contributed by atoms with E-state index >= 15 is 0 Å². The Labute approximate surface area is 157 Å². The van der Waals surface area contributed by atoms with Crippen LogP contribution in [0.15, 0.2) is 30.5 Å². The molecular weight excluding hydrogens is 325 g/mol. The van der Waals surface area contributed by atoms with Crippen molar-refractivity contribution >= 4 is 16.6 Å². The lowest BCUT2D eigenvalue weighted by Crippen LogP contribution is -2.33. The van der Waals surface area contributed by atoms with Crippen LogP contribution in [0.3, 0.4) is 0 Å². The summed E-state index contributed by atoms with van der Waals surface area (Å²) >= 11 is 0. The van der Waals surface area contributed by atoms with Gasteiger partial charge in [0.1, 0.15) is 5.82 Å². The number of piperidine rings is 1. The molecule has 142 valence electrons. The molecule has 0 saturated carbocycles. The maximum Gasteiger partial charge on any atom is 0.124 e. The van der Waals surface area contributed by atoms with Crippen molar-refractivity contribution in [3.8, 4) is 0 Å². The fourth-order valence-corrected chi connectivity index (χ4v) is 4.15. The minimum absolute atomic E-state index is 0.185. The van der Waals surface area contributed by atoms with Gasteiger partial charge in [-0.3, -0.25) is 4.98 Å². The van der Waals surface area contributed by atoms with Gasteiger partial charge in [-0.1, -0.05) is 26.7 Å². The lowest BCUT2D eigenvalue weighted by molar-refractivity contribution is 0.286. The van der Waals surface area contributed by atoms with E-state index in [1.807, 2.05) is 12.3 Å². The third-order valence-corrected chi connectivity index (χ3v) is 5.87. The van der Waals surface area contributed by atoms with Gasteiger partial charge in [-0.2, -0.15) is 0 Å². The van der Waals surface area contributed by atoms with Crippen molar-refractivity contribution in [2.45, 2.75) is 46.0 Å². The second-order valence-corrected chi connectivity index (χ2v) is 7.44. The van der Waals surface area contributed by atoms with Crippen LogP contribution >= 0.6 is 0 Å². The molecule has 0 aliphatic carbocycles. The van der Waals surface area contributed by atoms with Gasteiger partial charge in [-0.25, -0.2) is 4.39 Å². The summed E-state index contributed by atoms with van der Waals surface area (Å²) in [5.74, 6) is 0.655. The molecule has 1 aliphatic heterocycles. The maximum atomic E-state index is 13.7. The molecule has 1 saturated heterocycles. The van der Waals surface area contributed by atoms with Crippen LogP contribution in [-0.2, 0) is 0 Å². The van der Waals surface area contributed by atoms with Gasteiger partial charge in [0, 0.05) is 30.4 Å². The van der Waals surface area contributed by atoms with Gasteiger partial charge in [-0.15, -0.1) is 0 Å². The summed E-state index contributed by atoms with van der Waals surface area (Å²) in [7, 11) is 0. The summed E-state index contributed by atoms with van der Waals surface area (Å²) in [6.45, 7) is 10.2. The van der Waals surface area contributed by atoms with Crippen LogP contribution in [0.5, 0.6) is 0 Å². The van der Waals surface area contributed by atoms with Gasteiger partial charge in [0.05, 0.1) is 5.52 Å². The lowest BCUT2D eigenvalue weighted by Gasteiger charge is -2.34. The average molecular weight is 358 g/mol. The summed E-state index contributed by atoms with van der Waals surface area (Å²) in [5, 5.41) is 0.935. The van der Waals surface area contributed by atoms with E-state index in [1.165, 1.54) is 44.7 Å². The van der Waals surface area contributed by atoms with E-state index in [9.17, 15) is 4.39 Å². The first kappa shape index (κ1) is 19.1. The molecule has 0 amide bonds. The number of hydrogen-bond acceptors (Lipinski definition) is 3. The van der Waals surface area contributed by atoms with E-state index in [2.05, 4.69) is 28.6 Å². The number of halogens is 1. The highest BCUT2D eigenvalue weighted by Crippen LogP contribution is 2.31. The second-order valence-electron chi connectivity index (χ2n) is 7.44. The molecule has 1 aliphatic rings. The van der Waals surface area contributed by atoms with Crippen LogP contribution in [-0.4, -0.2) is 42.6 Å². The SMILES string of the molecule is CCN(CC)CCCCC1CCN(c2ccnc3ccc(F)cc23)CC1. The van der Waals surface area contributed by atoms with Crippen molar-refractivity contribution in [2.24, 2.45) is 5.92 Å². The van der Waals surface area contributed by atoms with Gasteiger partial charge < -0.3 is 9.80 Å². The number of benzene rings is 1. The van der Waals surface area contributed by atoms with E-state index in [0.717, 1.165) is 48.7 Å². The van der Waals surface area contributed by atoms with Crippen molar-refractivity contribution in [1.29, 1.82) is 0 Å². The highest BCUT2D eigenvalue weighted by molar-refractivity contribution is 5.91. The van der Waals surface area contributed by atoms with Gasteiger partial charge in [0.25, 0.3) is 0 Å². The zero-order valence-electron chi connectivity index (χ0n) is 16.3. The zero-order chi connectivity index (χ0) is 18.4. The van der Waals surface area contributed by atoms with E-state index in [4.69, 9.17) is 0 Å². The minimum Gasteiger partial charge on any atom is -0.371 e. The fourth-order valence-electron chi connectivity index (χ4n) is 4.15. The molecule has 0 unspecified atom stereocenters. The Morgan fingerprint density at radius 3 is 2.62 bits per heavy atom. The topological polar surface area (TPSA) is 19.4 Å². The number of anilines is 1. The second kappa shape index (κ2) is 9.31. The first-order valence-electron chi connectivity index (χ1n) is 10.2. The van der Waals surface area contributed by atoms with Crippen LogP contribution in [0.4, 0.5) is 10.1 Å². The van der Waals surface area contributed by atoms with Gasteiger partial charge in [0.15, 0.2) is 0 Å². The number of pyridine rings is 1. The molecule has 1 fully saturated rings. The number of nitrogens with zero attached hydrogens (tertiary/aromatic N) is 3. The fraction of sp³-hybridized carbons (Fsp3) is 0.591. The summed E-state index contributed by atoms with van der Waals surface area (Å²) in [6, 6.07) is 6.92. The van der Waals surface area contributed by atoms with Crippen LogP contribution in [0, 0.1) is 11.7 Å². The van der Waals surface area contributed by atoms with Crippen molar-refractivity contribution in [2.75, 3.05) is 37.6 Å². The van der Waals surface area contributed by atoms with Crippen molar-refractivity contribution in [3.63, 3.8) is 0 Å². The van der Waals surface area contributed by atoms with Crippen LogP contribution in [0.25, 0.3) is 10.9 Å². The van der Waals surface area contributed by atoms with E-state index in [0.29, 0.717) is 0 Å². The first-order valence-corrected chi connectivity index (χ1v) is 10.2. The molecule has 3 rings (SSSR count). The van der Waals surface area contributed by atoms with Gasteiger partial charge in [-0.05, 0) is 69.1 Å². The number of fused-ring (bicyclic) bond motifs is 1. The normalized spacial score (nSPS) is 15.9. The van der Waals surface area contributed by atoms with E-state index in [-0.39, 0.29) is 5.82 Å². The van der Waals surface area contributed by atoms with Crippen molar-refractivity contribution in [1.82, 2.24) is 9.88 Å². The molecule has 0 spiro atoms. The Bertz CT molecular complexity index is 691. The first-order chi connectivity index (χ1) is 12.7. The Kier molecular flexibility index (Phi) is 6.84. The molecule has 0 N–H and O–H groups in total. The summed E-state index contributed by atoms with van der Waals surface area (Å²) in [4.78, 5) is 9.30. The Balaban J connectivity index is 1.51. The molecule has 3 nitrogen and oxygen atoms in total. The monoisotopic (exact) mass is 357 g/mol. The highest BCUT2D eigenvalue weighted by Gasteiger charge is 2.20. The predicted octanol–water partition coefficient (Wildman–Crippen LogP) is 5.10. The lowest BCUT2D eigenvalue weighted by atomic mass is 9.91. The molecule has 2 heterocycles. The van der Waals surface area contributed by atoms with E-state index < -0.39 is 0 Å². The molecule has 0 atom stereocenters. The molecule has 0 bridgehead atoms. The molecule has 2 aromatic rings. The number of unbranched alkanes of at least 4 members (excludes halogenated alkanes) is 1. The average Bonchev–Trinajstić information content (AvgIpc) is 2.68. The Morgan fingerprint density at radius 2 is 1.88 bits per heavy atom. The molecule has 4 heteroatoms. The van der Waals surface area contributed by atoms with Crippen LogP contribution in [0.2, 0.25) is 0 Å². The van der Waals surface area contributed by atoms with Crippen molar-refractivity contribution < 1.29 is 4.39 Å². The van der Waals surface area contributed by atoms with Crippen LogP contribution in [0.1, 0.15) is 46.0 Å². The molecule has 26 heavy (non-hydrogen) atoms. The van der Waals surface area contributed by atoms with E-state index in [1.54, 1.807) is 12.1 Å². The summed E-state index contributed by atoms with van der Waals surface area (Å²) < 4.78 is 13.7. The van der Waals surface area contributed by atoms with Gasteiger partial charge >= 0.3 is 0 Å². The van der Waals surface area contributed by atoms with Crippen LogP contribution < -0.4 is 4.90 Å². The summed E-state index contributed by atoms with van der Waals surface area (Å²) in [6.07, 6.45) is 8.32. The Hall–Kier alpha value is -1.68. The standard InChI is InChI=1S/C22H32FN3/c1-3-25(4-2)14-6-5-7-18-11-15-26(16-12-18)22-10-13-24-21-9-8-19(23)17-20(21)22/h8-10,13,17-18H,3-7,11-12,14-16H2,1-2H3. The van der Waals surface area contributed by atoms with Gasteiger partial charge in [0.2, 0.25) is 0 Å². The maximum absolute atomic E-state index is 13.7. The highest BCUT2D eigenvalue weighted by atomic mass is 19.1. The smallest absolute Gasteiger partial charge is 0.124 e. The van der Waals surface area contributed by atoms with Crippen molar-refractivity contribution in [3.05, 3.63) is 36.3 Å².